The van der Waals surface area contributed by atoms with Crippen LogP contribution in [0.15, 0.2) is 0 Å². The van der Waals surface area contributed by atoms with Gasteiger partial charge in [0.15, 0.2) is 0 Å². The van der Waals surface area contributed by atoms with Gasteiger partial charge < -0.3 is 20.1 Å². The van der Waals surface area contributed by atoms with Gasteiger partial charge in [0.25, 0.3) is 0 Å². The van der Waals surface area contributed by atoms with Crippen LogP contribution in [0.1, 0.15) is 27.2 Å². The average molecular weight is 399 g/mol. The van der Waals surface area contributed by atoms with E-state index >= 15 is 0 Å². The number of carbonyl (C=O) groups excluding carboxylic acids is 2. The molecule has 0 aromatic rings. The zero-order valence-corrected chi connectivity index (χ0v) is 17.9. The Hall–Kier alpha value is -1.22. The monoisotopic (exact) mass is 398 g/mol. The molecule has 3 unspecified atom stereocenters. The van der Waals surface area contributed by atoms with Crippen molar-refractivity contribution in [2.45, 2.75) is 39.3 Å². The van der Waals surface area contributed by atoms with E-state index in [-0.39, 0.29) is 35.8 Å². The Labute approximate surface area is 169 Å². The van der Waals surface area contributed by atoms with Crippen LogP contribution in [0.25, 0.3) is 0 Å². The third-order valence-electron chi connectivity index (χ3n) is 5.61. The normalized spacial score (nSPS) is 25.5. The fourth-order valence-corrected chi connectivity index (χ4v) is 3.38. The topological polar surface area (TPSA) is 83.1 Å². The van der Waals surface area contributed by atoms with Crippen molar-refractivity contribution in [2.75, 3.05) is 66.1 Å². The van der Waals surface area contributed by atoms with Crippen molar-refractivity contribution in [3.8, 4) is 0 Å². The van der Waals surface area contributed by atoms with Gasteiger partial charge >= 0.3 is 0 Å². The van der Waals surface area contributed by atoms with Gasteiger partial charge in [0.1, 0.15) is 0 Å². The van der Waals surface area contributed by atoms with Crippen molar-refractivity contribution in [1.29, 1.82) is 0 Å². The third kappa shape index (κ3) is 7.66. The molecule has 8 heteroatoms. The Morgan fingerprint density at radius 3 is 2.54 bits per heavy atom. The molecule has 0 aromatic carbocycles. The molecule has 0 radical (unpaired) electrons. The van der Waals surface area contributed by atoms with E-state index in [4.69, 9.17) is 9.47 Å². The molecule has 28 heavy (non-hydrogen) atoms. The number of amides is 2. The predicted molar refractivity (Wildman–Crippen MR) is 108 cm³/mol. The van der Waals surface area contributed by atoms with Crippen molar-refractivity contribution in [1.82, 2.24) is 20.4 Å². The number of likely N-dealkylation sites (N-methyl/N-ethyl adjacent to an activating group) is 1. The first-order valence-electron chi connectivity index (χ1n) is 10.5. The minimum absolute atomic E-state index is 0.0148. The molecule has 2 N–H and O–H groups in total. The molecule has 2 saturated heterocycles. The summed E-state index contributed by atoms with van der Waals surface area (Å²) in [5.41, 5.74) is 0. The van der Waals surface area contributed by atoms with Gasteiger partial charge in [-0.3, -0.25) is 19.4 Å². The quantitative estimate of drug-likeness (QED) is 0.566. The maximum atomic E-state index is 12.4. The molecule has 0 bridgehead atoms. The third-order valence-corrected chi connectivity index (χ3v) is 5.61. The van der Waals surface area contributed by atoms with E-state index in [0.717, 1.165) is 39.2 Å². The van der Waals surface area contributed by atoms with E-state index < -0.39 is 0 Å². The molecule has 2 aliphatic rings. The Bertz CT molecular complexity index is 503. The molecule has 162 valence electrons. The summed E-state index contributed by atoms with van der Waals surface area (Å²) in [6, 6.07) is 0.256. The maximum absolute atomic E-state index is 12.4. The van der Waals surface area contributed by atoms with Gasteiger partial charge in [-0.2, -0.15) is 0 Å². The van der Waals surface area contributed by atoms with Gasteiger partial charge in [-0.1, -0.05) is 20.8 Å². The predicted octanol–water partition coefficient (Wildman–Crippen LogP) is -0.0676. The molecular weight excluding hydrogens is 360 g/mol. The minimum Gasteiger partial charge on any atom is -0.378 e. The molecule has 2 fully saturated rings. The zero-order chi connectivity index (χ0) is 20.5. The first-order valence-corrected chi connectivity index (χ1v) is 10.5. The Kier molecular flexibility index (Phi) is 9.64. The summed E-state index contributed by atoms with van der Waals surface area (Å²) in [5.74, 6) is 0.115. The summed E-state index contributed by atoms with van der Waals surface area (Å²) in [7, 11) is 2.07. The van der Waals surface area contributed by atoms with Gasteiger partial charge in [0, 0.05) is 44.6 Å². The minimum atomic E-state index is -0.0308. The lowest BCUT2D eigenvalue weighted by Gasteiger charge is -2.34. The Morgan fingerprint density at radius 2 is 1.82 bits per heavy atom. The second kappa shape index (κ2) is 11.7. The van der Waals surface area contributed by atoms with Crippen molar-refractivity contribution in [2.24, 2.45) is 11.8 Å². The van der Waals surface area contributed by atoms with Gasteiger partial charge in [-0.05, 0) is 20.0 Å². The van der Waals surface area contributed by atoms with E-state index in [1.807, 2.05) is 20.8 Å². The number of nitrogens with zero attached hydrogens (tertiary/aromatic N) is 2. The van der Waals surface area contributed by atoms with Crippen LogP contribution >= 0.6 is 0 Å². The summed E-state index contributed by atoms with van der Waals surface area (Å²) in [5, 5.41) is 6.01. The molecule has 2 heterocycles. The molecule has 2 amide bonds. The summed E-state index contributed by atoms with van der Waals surface area (Å²) in [6.45, 7) is 12.5. The van der Waals surface area contributed by atoms with Gasteiger partial charge in [0.05, 0.1) is 32.0 Å². The Morgan fingerprint density at radius 1 is 1.07 bits per heavy atom. The Balaban J connectivity index is 1.64. The second-order valence-corrected chi connectivity index (χ2v) is 8.34. The van der Waals surface area contributed by atoms with Crippen LogP contribution in [0.2, 0.25) is 0 Å². The number of morpholine rings is 2. The highest BCUT2D eigenvalue weighted by Gasteiger charge is 2.24. The molecule has 8 nitrogen and oxygen atoms in total. The fraction of sp³-hybridized carbons (Fsp3) is 0.900. The van der Waals surface area contributed by atoms with Crippen LogP contribution in [0.5, 0.6) is 0 Å². The lowest BCUT2D eigenvalue weighted by atomic mass is 10.1. The molecule has 3 atom stereocenters. The molecule has 2 rings (SSSR count). The summed E-state index contributed by atoms with van der Waals surface area (Å²) < 4.78 is 11.2. The van der Waals surface area contributed by atoms with E-state index in [1.165, 1.54) is 0 Å². The smallest absolute Gasteiger partial charge is 0.222 e. The molecule has 0 spiro atoms. The number of carbonyl (C=O) groups is 2. The highest BCUT2D eigenvalue weighted by molar-refractivity contribution is 5.78. The molecular formula is C20H38N4O4. The molecule has 0 aliphatic carbocycles. The number of nitrogens with one attached hydrogen (secondary N) is 2. The maximum Gasteiger partial charge on any atom is 0.222 e. The van der Waals surface area contributed by atoms with Crippen molar-refractivity contribution in [3.63, 3.8) is 0 Å². The number of hydrogen-bond acceptors (Lipinski definition) is 6. The SMILES string of the molecule is CC(C)C(=O)NCC1CN(CCC(C)C(=O)NCC2COCCN2C)CCO1. The van der Waals surface area contributed by atoms with Crippen LogP contribution in [0, 0.1) is 11.8 Å². The lowest BCUT2D eigenvalue weighted by molar-refractivity contribution is -0.126. The number of rotatable bonds is 9. The van der Waals surface area contributed by atoms with E-state index in [9.17, 15) is 9.59 Å². The standard InChI is InChI=1S/C20H38N4O4/c1-15(2)19(25)22-12-18-13-24(8-10-28-18)6-5-16(3)20(26)21-11-17-14-27-9-7-23(17)4/h15-18H,5-14H2,1-4H3,(H,21,26)(H,22,25). The van der Waals surface area contributed by atoms with Gasteiger partial charge in [-0.15, -0.1) is 0 Å². The molecule has 2 aliphatic heterocycles. The van der Waals surface area contributed by atoms with Crippen LogP contribution in [-0.4, -0.2) is 99.9 Å². The second-order valence-electron chi connectivity index (χ2n) is 8.34. The first-order chi connectivity index (χ1) is 13.4. The molecule has 0 aromatic heterocycles. The zero-order valence-electron chi connectivity index (χ0n) is 17.9. The number of ether oxygens (including phenoxy) is 2. The van der Waals surface area contributed by atoms with E-state index in [0.29, 0.717) is 26.3 Å². The largest absolute Gasteiger partial charge is 0.378 e. The fourth-order valence-electron chi connectivity index (χ4n) is 3.38. The van der Waals surface area contributed by atoms with Crippen molar-refractivity contribution in [3.05, 3.63) is 0 Å². The summed E-state index contributed by atoms with van der Waals surface area (Å²) in [4.78, 5) is 28.7. The van der Waals surface area contributed by atoms with E-state index in [2.05, 4.69) is 27.5 Å². The van der Waals surface area contributed by atoms with Crippen molar-refractivity contribution >= 4 is 11.8 Å². The number of hydrogen-bond donors (Lipinski definition) is 2. The van der Waals surface area contributed by atoms with E-state index in [1.54, 1.807) is 0 Å². The van der Waals surface area contributed by atoms with Crippen molar-refractivity contribution < 1.29 is 19.1 Å². The van der Waals surface area contributed by atoms with Gasteiger partial charge in [-0.25, -0.2) is 0 Å². The highest BCUT2D eigenvalue weighted by Crippen LogP contribution is 2.10. The summed E-state index contributed by atoms with van der Waals surface area (Å²) >= 11 is 0. The first kappa shape index (κ1) is 23.1. The average Bonchev–Trinajstić information content (AvgIpc) is 2.69. The van der Waals surface area contributed by atoms with Crippen LogP contribution < -0.4 is 10.6 Å². The summed E-state index contributed by atoms with van der Waals surface area (Å²) in [6.07, 6.45) is 0.830. The molecule has 0 saturated carbocycles. The van der Waals surface area contributed by atoms with Crippen LogP contribution in [0.3, 0.4) is 0 Å². The van der Waals surface area contributed by atoms with Crippen LogP contribution in [0.4, 0.5) is 0 Å². The van der Waals surface area contributed by atoms with Crippen LogP contribution in [-0.2, 0) is 19.1 Å². The van der Waals surface area contributed by atoms with Gasteiger partial charge in [0.2, 0.25) is 11.8 Å². The lowest BCUT2D eigenvalue weighted by Crippen LogP contribution is -2.50. The highest BCUT2D eigenvalue weighted by atomic mass is 16.5.